The molecule has 1 amide bonds. The highest BCUT2D eigenvalue weighted by molar-refractivity contribution is 7.91. The number of amides is 1. The second kappa shape index (κ2) is 4.87. The van der Waals surface area contributed by atoms with Crippen LogP contribution in [0.4, 0.5) is 0 Å². The number of likely N-dealkylation sites (N-methyl/N-ethyl adjacent to an activating group) is 1. The SMILES string of the molecule is CN1CCN(S(=O)(=O)c2scnc2C(=O)O)CC1=O. The van der Waals surface area contributed by atoms with Crippen LogP contribution in [-0.2, 0) is 14.8 Å². The zero-order chi connectivity index (χ0) is 14.2. The van der Waals surface area contributed by atoms with Crippen molar-refractivity contribution in [3.05, 3.63) is 11.2 Å². The van der Waals surface area contributed by atoms with E-state index in [1.165, 1.54) is 4.90 Å². The van der Waals surface area contributed by atoms with Crippen molar-refractivity contribution in [1.29, 1.82) is 0 Å². The maximum atomic E-state index is 12.3. The van der Waals surface area contributed by atoms with Gasteiger partial charge in [0, 0.05) is 20.1 Å². The van der Waals surface area contributed by atoms with Gasteiger partial charge >= 0.3 is 5.97 Å². The van der Waals surface area contributed by atoms with E-state index < -0.39 is 21.7 Å². The number of piperazine rings is 1. The Balaban J connectivity index is 2.35. The molecule has 0 spiro atoms. The van der Waals surface area contributed by atoms with E-state index >= 15 is 0 Å². The monoisotopic (exact) mass is 305 g/mol. The quantitative estimate of drug-likeness (QED) is 0.791. The molecule has 1 aromatic rings. The fourth-order valence-electron chi connectivity index (χ4n) is 1.62. The lowest BCUT2D eigenvalue weighted by atomic mass is 10.4. The van der Waals surface area contributed by atoms with Gasteiger partial charge in [-0.3, -0.25) is 4.79 Å². The van der Waals surface area contributed by atoms with Crippen LogP contribution < -0.4 is 0 Å². The van der Waals surface area contributed by atoms with Gasteiger partial charge < -0.3 is 10.0 Å². The van der Waals surface area contributed by atoms with Gasteiger partial charge in [-0.2, -0.15) is 4.31 Å². The largest absolute Gasteiger partial charge is 0.476 e. The Hall–Kier alpha value is -1.52. The molecule has 2 heterocycles. The molecule has 10 heteroatoms. The molecule has 0 aliphatic carbocycles. The van der Waals surface area contributed by atoms with Gasteiger partial charge in [-0.25, -0.2) is 18.2 Å². The summed E-state index contributed by atoms with van der Waals surface area (Å²) in [5.41, 5.74) is 0.658. The summed E-state index contributed by atoms with van der Waals surface area (Å²) in [5, 5.41) is 8.90. The van der Waals surface area contributed by atoms with Crippen molar-refractivity contribution in [3.63, 3.8) is 0 Å². The molecular weight excluding hydrogens is 294 g/mol. The lowest BCUT2D eigenvalue weighted by Crippen LogP contribution is -2.50. The highest BCUT2D eigenvalue weighted by atomic mass is 32.2. The number of carboxylic acid groups (broad SMARTS) is 1. The first-order valence-electron chi connectivity index (χ1n) is 5.25. The molecule has 2 rings (SSSR count). The fraction of sp³-hybridized carbons (Fsp3) is 0.444. The molecule has 1 aromatic heterocycles. The normalized spacial score (nSPS) is 17.7. The van der Waals surface area contributed by atoms with E-state index in [0.717, 1.165) is 21.2 Å². The van der Waals surface area contributed by atoms with Crippen LogP contribution in [-0.4, -0.2) is 66.3 Å². The first kappa shape index (κ1) is 13.9. The van der Waals surface area contributed by atoms with E-state index in [1.807, 2.05) is 0 Å². The number of aromatic carboxylic acids is 1. The van der Waals surface area contributed by atoms with Crippen LogP contribution in [0.2, 0.25) is 0 Å². The van der Waals surface area contributed by atoms with Crippen LogP contribution in [0.15, 0.2) is 9.72 Å². The van der Waals surface area contributed by atoms with Crippen LogP contribution in [0.1, 0.15) is 10.5 Å². The molecule has 1 saturated heterocycles. The predicted octanol–water partition coefficient (Wildman–Crippen LogP) is -0.696. The third kappa shape index (κ3) is 2.46. The lowest BCUT2D eigenvalue weighted by Gasteiger charge is -2.30. The lowest BCUT2D eigenvalue weighted by molar-refractivity contribution is -0.132. The van der Waals surface area contributed by atoms with Crippen LogP contribution >= 0.6 is 11.3 Å². The van der Waals surface area contributed by atoms with Crippen LogP contribution in [0.25, 0.3) is 0 Å². The Morgan fingerprint density at radius 2 is 2.16 bits per heavy atom. The van der Waals surface area contributed by atoms with Gasteiger partial charge in [0.15, 0.2) is 9.90 Å². The number of thiazole rings is 1. The van der Waals surface area contributed by atoms with Crippen molar-refractivity contribution in [1.82, 2.24) is 14.2 Å². The summed E-state index contributed by atoms with van der Waals surface area (Å²) in [5.74, 6) is -1.73. The van der Waals surface area contributed by atoms with E-state index in [0.29, 0.717) is 0 Å². The molecule has 0 radical (unpaired) electrons. The maximum absolute atomic E-state index is 12.3. The summed E-state index contributed by atoms with van der Waals surface area (Å²) in [6, 6.07) is 0. The van der Waals surface area contributed by atoms with Crippen LogP contribution in [0.3, 0.4) is 0 Å². The molecule has 0 unspecified atom stereocenters. The van der Waals surface area contributed by atoms with E-state index in [9.17, 15) is 18.0 Å². The molecule has 0 atom stereocenters. The van der Waals surface area contributed by atoms with Gasteiger partial charge in [-0.1, -0.05) is 0 Å². The van der Waals surface area contributed by atoms with E-state index in [2.05, 4.69) is 4.98 Å². The Morgan fingerprint density at radius 1 is 1.47 bits per heavy atom. The molecule has 104 valence electrons. The number of nitrogens with zero attached hydrogens (tertiary/aromatic N) is 3. The minimum Gasteiger partial charge on any atom is -0.476 e. The summed E-state index contributed by atoms with van der Waals surface area (Å²) in [6.45, 7) is 0.136. The van der Waals surface area contributed by atoms with Gasteiger partial charge in [0.05, 0.1) is 12.1 Å². The average molecular weight is 305 g/mol. The zero-order valence-corrected chi connectivity index (χ0v) is 11.6. The van der Waals surface area contributed by atoms with Crippen molar-refractivity contribution in [2.24, 2.45) is 0 Å². The third-order valence-electron chi connectivity index (χ3n) is 2.73. The Labute approximate surface area is 113 Å². The number of aromatic nitrogens is 1. The summed E-state index contributed by atoms with van der Waals surface area (Å²) < 4.78 is 25.2. The average Bonchev–Trinajstić information content (AvgIpc) is 2.82. The smallest absolute Gasteiger partial charge is 0.356 e. The van der Waals surface area contributed by atoms with Gasteiger partial charge in [-0.05, 0) is 0 Å². The topological polar surface area (TPSA) is 108 Å². The minimum absolute atomic E-state index is 0.140. The molecule has 1 fully saturated rings. The highest BCUT2D eigenvalue weighted by Crippen LogP contribution is 2.25. The number of carbonyl (C=O) groups excluding carboxylic acids is 1. The minimum atomic E-state index is -3.99. The maximum Gasteiger partial charge on any atom is 0.356 e. The van der Waals surface area contributed by atoms with Crippen molar-refractivity contribution < 1.29 is 23.1 Å². The summed E-state index contributed by atoms with van der Waals surface area (Å²) in [6.07, 6.45) is 0. The first-order chi connectivity index (χ1) is 8.84. The summed E-state index contributed by atoms with van der Waals surface area (Å²) >= 11 is 0.734. The Kier molecular flexibility index (Phi) is 3.56. The summed E-state index contributed by atoms with van der Waals surface area (Å²) in [4.78, 5) is 27.4. The molecule has 19 heavy (non-hydrogen) atoms. The predicted molar refractivity (Wildman–Crippen MR) is 65.5 cm³/mol. The molecular formula is C9H11N3O5S2. The van der Waals surface area contributed by atoms with Gasteiger partial charge in [0.1, 0.15) is 0 Å². The summed E-state index contributed by atoms with van der Waals surface area (Å²) in [7, 11) is -2.40. The number of hydrogen-bond acceptors (Lipinski definition) is 6. The second-order valence-electron chi connectivity index (χ2n) is 3.95. The number of carbonyl (C=O) groups is 2. The van der Waals surface area contributed by atoms with Crippen molar-refractivity contribution >= 4 is 33.2 Å². The molecule has 1 N–H and O–H groups in total. The third-order valence-corrected chi connectivity index (χ3v) is 5.93. The Bertz CT molecular complexity index is 624. The second-order valence-corrected chi connectivity index (χ2v) is 6.94. The highest BCUT2D eigenvalue weighted by Gasteiger charge is 2.35. The van der Waals surface area contributed by atoms with Gasteiger partial charge in [0.2, 0.25) is 5.91 Å². The van der Waals surface area contributed by atoms with Crippen LogP contribution in [0, 0.1) is 0 Å². The van der Waals surface area contributed by atoms with Crippen molar-refractivity contribution in [3.8, 4) is 0 Å². The van der Waals surface area contributed by atoms with E-state index in [1.54, 1.807) is 7.05 Å². The number of hydrogen-bond donors (Lipinski definition) is 1. The standard InChI is InChI=1S/C9H11N3O5S2/c1-11-2-3-12(4-6(11)13)19(16,17)9-7(8(14)15)10-5-18-9/h5H,2-4H2,1H3,(H,14,15). The molecule has 0 saturated carbocycles. The van der Waals surface area contributed by atoms with Crippen LogP contribution in [0.5, 0.6) is 0 Å². The van der Waals surface area contributed by atoms with E-state index in [4.69, 9.17) is 5.11 Å². The number of rotatable bonds is 3. The molecule has 1 aliphatic heterocycles. The van der Waals surface area contributed by atoms with Gasteiger partial charge in [-0.15, -0.1) is 11.3 Å². The molecule has 0 aromatic carbocycles. The first-order valence-corrected chi connectivity index (χ1v) is 7.57. The fourth-order valence-corrected chi connectivity index (χ4v) is 4.28. The molecule has 0 bridgehead atoms. The van der Waals surface area contributed by atoms with Gasteiger partial charge in [0.25, 0.3) is 10.0 Å². The van der Waals surface area contributed by atoms with Crippen molar-refractivity contribution in [2.75, 3.05) is 26.7 Å². The van der Waals surface area contributed by atoms with Crippen molar-refractivity contribution in [2.45, 2.75) is 4.21 Å². The Morgan fingerprint density at radius 3 is 2.74 bits per heavy atom. The number of carboxylic acids is 1. The number of sulfonamides is 1. The molecule has 1 aliphatic rings. The zero-order valence-electron chi connectivity index (χ0n) is 9.94. The van der Waals surface area contributed by atoms with E-state index in [-0.39, 0.29) is 29.8 Å². The molecule has 8 nitrogen and oxygen atoms in total.